The molecule has 1 fully saturated rings. The Kier molecular flexibility index (Phi) is 7.06. The number of likely N-dealkylation sites (N-methyl/N-ethyl adjacent to an activating group) is 1. The highest BCUT2D eigenvalue weighted by atomic mass is 32.2. The predicted molar refractivity (Wildman–Crippen MR) is 126 cm³/mol. The molecule has 0 aromatic heterocycles. The molecule has 1 atom stereocenters. The summed E-state index contributed by atoms with van der Waals surface area (Å²) in [6, 6.07) is 12.3. The van der Waals surface area contributed by atoms with Gasteiger partial charge in [-0.15, -0.1) is 0 Å². The SMILES string of the molecule is Cc1ccc(C2C(=C(O)c3ccc(S(=O)(=O)N(C)C)cc3)C(=O)C(=O)N2CCN(C)C)cc1. The Morgan fingerprint density at radius 1 is 0.970 bits per heavy atom. The van der Waals surface area contributed by atoms with E-state index in [4.69, 9.17) is 0 Å². The molecular formula is C24H29N3O5S. The minimum Gasteiger partial charge on any atom is -0.507 e. The number of nitrogens with zero attached hydrogens (tertiary/aromatic N) is 3. The van der Waals surface area contributed by atoms with Crippen molar-refractivity contribution < 1.29 is 23.1 Å². The van der Waals surface area contributed by atoms with Crippen LogP contribution in [0.4, 0.5) is 0 Å². The van der Waals surface area contributed by atoms with Crippen LogP contribution in [0.1, 0.15) is 22.7 Å². The monoisotopic (exact) mass is 471 g/mol. The minimum atomic E-state index is -3.64. The zero-order valence-corrected chi connectivity index (χ0v) is 20.3. The second-order valence-corrected chi connectivity index (χ2v) is 10.7. The summed E-state index contributed by atoms with van der Waals surface area (Å²) in [4.78, 5) is 29.4. The maximum atomic E-state index is 13.0. The summed E-state index contributed by atoms with van der Waals surface area (Å²) in [5.41, 5.74) is 2.00. The van der Waals surface area contributed by atoms with Crippen LogP contribution in [0.15, 0.2) is 59.0 Å². The van der Waals surface area contributed by atoms with Gasteiger partial charge in [-0.1, -0.05) is 29.8 Å². The fraction of sp³-hybridized carbons (Fsp3) is 0.333. The number of likely N-dealkylation sites (tertiary alicyclic amines) is 1. The van der Waals surface area contributed by atoms with E-state index >= 15 is 0 Å². The number of aryl methyl sites for hydroxylation is 1. The van der Waals surface area contributed by atoms with Crippen molar-refractivity contribution in [3.05, 3.63) is 70.8 Å². The maximum absolute atomic E-state index is 13.0. The first-order valence-corrected chi connectivity index (χ1v) is 11.9. The third-order valence-electron chi connectivity index (χ3n) is 5.63. The van der Waals surface area contributed by atoms with E-state index in [0.717, 1.165) is 9.87 Å². The summed E-state index contributed by atoms with van der Waals surface area (Å²) >= 11 is 0. The first-order valence-electron chi connectivity index (χ1n) is 10.5. The number of hydrogen-bond acceptors (Lipinski definition) is 6. The Morgan fingerprint density at radius 2 is 1.55 bits per heavy atom. The van der Waals surface area contributed by atoms with Crippen molar-refractivity contribution in [2.45, 2.75) is 17.9 Å². The summed E-state index contributed by atoms with van der Waals surface area (Å²) in [5.74, 6) is -1.77. The molecule has 33 heavy (non-hydrogen) atoms. The summed E-state index contributed by atoms with van der Waals surface area (Å²) in [5, 5.41) is 11.1. The molecule has 2 aromatic carbocycles. The van der Waals surface area contributed by atoms with E-state index in [0.29, 0.717) is 18.7 Å². The molecule has 0 aliphatic carbocycles. The van der Waals surface area contributed by atoms with Gasteiger partial charge in [0.05, 0.1) is 16.5 Å². The number of ketones is 1. The molecule has 1 heterocycles. The molecule has 1 aliphatic heterocycles. The quantitative estimate of drug-likeness (QED) is 0.378. The second kappa shape index (κ2) is 9.46. The third-order valence-corrected chi connectivity index (χ3v) is 7.46. The number of carbonyl (C=O) groups is 2. The van der Waals surface area contributed by atoms with Crippen LogP contribution in [0.3, 0.4) is 0 Å². The molecular weight excluding hydrogens is 442 g/mol. The van der Waals surface area contributed by atoms with Crippen molar-refractivity contribution in [1.82, 2.24) is 14.1 Å². The van der Waals surface area contributed by atoms with Crippen LogP contribution in [0.5, 0.6) is 0 Å². The molecule has 0 radical (unpaired) electrons. The lowest BCUT2D eigenvalue weighted by molar-refractivity contribution is -0.140. The van der Waals surface area contributed by atoms with E-state index in [1.54, 1.807) is 0 Å². The molecule has 0 bridgehead atoms. The molecule has 3 rings (SSSR count). The largest absolute Gasteiger partial charge is 0.507 e. The Balaban J connectivity index is 2.11. The van der Waals surface area contributed by atoms with E-state index in [-0.39, 0.29) is 21.8 Å². The lowest BCUT2D eigenvalue weighted by atomic mass is 9.95. The van der Waals surface area contributed by atoms with Crippen molar-refractivity contribution in [2.75, 3.05) is 41.3 Å². The number of carbonyl (C=O) groups excluding carboxylic acids is 2. The Labute approximate surface area is 194 Å². The topological polar surface area (TPSA) is 98.2 Å². The molecule has 1 amide bonds. The Bertz CT molecular complexity index is 1180. The molecule has 2 aromatic rings. The van der Waals surface area contributed by atoms with Crippen molar-refractivity contribution in [3.63, 3.8) is 0 Å². The van der Waals surface area contributed by atoms with Crippen LogP contribution in [0.2, 0.25) is 0 Å². The molecule has 1 unspecified atom stereocenters. The lowest BCUT2D eigenvalue weighted by Crippen LogP contribution is -2.35. The first kappa shape index (κ1) is 24.6. The number of Topliss-reactive ketones (excluding diaryl/α,β-unsaturated/α-hetero) is 1. The highest BCUT2D eigenvalue weighted by molar-refractivity contribution is 7.89. The van der Waals surface area contributed by atoms with E-state index < -0.39 is 27.8 Å². The zero-order valence-electron chi connectivity index (χ0n) is 19.4. The normalized spacial score (nSPS) is 18.5. The van der Waals surface area contributed by atoms with E-state index in [1.165, 1.54) is 43.3 Å². The third kappa shape index (κ3) is 4.85. The van der Waals surface area contributed by atoms with Crippen LogP contribution in [0.25, 0.3) is 5.76 Å². The van der Waals surface area contributed by atoms with Crippen molar-refractivity contribution in [3.8, 4) is 0 Å². The second-order valence-electron chi connectivity index (χ2n) is 8.52. The highest BCUT2D eigenvalue weighted by Crippen LogP contribution is 2.39. The van der Waals surface area contributed by atoms with E-state index in [1.807, 2.05) is 50.2 Å². The Morgan fingerprint density at radius 3 is 2.06 bits per heavy atom. The van der Waals surface area contributed by atoms with Crippen molar-refractivity contribution in [1.29, 1.82) is 0 Å². The number of aliphatic hydroxyl groups is 1. The molecule has 1 N–H and O–H groups in total. The molecule has 9 heteroatoms. The zero-order chi connectivity index (χ0) is 24.5. The van der Waals surface area contributed by atoms with Gasteiger partial charge >= 0.3 is 0 Å². The van der Waals surface area contributed by atoms with Gasteiger partial charge in [-0.2, -0.15) is 0 Å². The summed E-state index contributed by atoms with van der Waals surface area (Å²) in [6.07, 6.45) is 0. The number of aliphatic hydroxyl groups excluding tert-OH is 1. The average Bonchev–Trinajstić information content (AvgIpc) is 3.02. The van der Waals surface area contributed by atoms with Gasteiger partial charge in [-0.05, 0) is 50.8 Å². The van der Waals surface area contributed by atoms with E-state index in [9.17, 15) is 23.1 Å². The number of rotatable bonds is 7. The number of benzene rings is 2. The van der Waals surface area contributed by atoms with Crippen LogP contribution < -0.4 is 0 Å². The molecule has 176 valence electrons. The van der Waals surface area contributed by atoms with Crippen molar-refractivity contribution >= 4 is 27.5 Å². The number of amides is 1. The summed E-state index contributed by atoms with van der Waals surface area (Å²) in [6.45, 7) is 2.80. The van der Waals surface area contributed by atoms with Gasteiger partial charge in [0.15, 0.2) is 0 Å². The number of sulfonamides is 1. The maximum Gasteiger partial charge on any atom is 0.295 e. The summed E-state index contributed by atoms with van der Waals surface area (Å²) in [7, 11) is 2.97. The smallest absolute Gasteiger partial charge is 0.295 e. The lowest BCUT2D eigenvalue weighted by Gasteiger charge is -2.26. The summed E-state index contributed by atoms with van der Waals surface area (Å²) < 4.78 is 25.8. The molecule has 0 saturated carbocycles. The van der Waals surface area contributed by atoms with Gasteiger partial charge in [0.2, 0.25) is 10.0 Å². The van der Waals surface area contributed by atoms with Gasteiger partial charge in [-0.3, -0.25) is 9.59 Å². The van der Waals surface area contributed by atoms with Gasteiger partial charge in [0.1, 0.15) is 5.76 Å². The van der Waals surface area contributed by atoms with Gasteiger partial charge in [0.25, 0.3) is 11.7 Å². The molecule has 8 nitrogen and oxygen atoms in total. The predicted octanol–water partition coefficient (Wildman–Crippen LogP) is 2.23. The van der Waals surface area contributed by atoms with E-state index in [2.05, 4.69) is 0 Å². The standard InChI is InChI=1S/C24H29N3O5S/c1-16-6-8-17(9-7-16)21-20(23(29)24(30)27(21)15-14-25(2)3)22(28)18-10-12-19(13-11-18)33(31,32)26(4)5/h6-13,21,28H,14-15H2,1-5H3. The fourth-order valence-corrected chi connectivity index (χ4v) is 4.57. The average molecular weight is 472 g/mol. The van der Waals surface area contributed by atoms with Crippen LogP contribution in [-0.2, 0) is 19.6 Å². The van der Waals surface area contributed by atoms with Crippen LogP contribution in [0, 0.1) is 6.92 Å². The van der Waals surface area contributed by atoms with Crippen molar-refractivity contribution in [2.24, 2.45) is 0 Å². The number of hydrogen-bond donors (Lipinski definition) is 1. The molecule has 0 spiro atoms. The fourth-order valence-electron chi connectivity index (χ4n) is 3.66. The van der Waals surface area contributed by atoms with Crippen LogP contribution >= 0.6 is 0 Å². The van der Waals surface area contributed by atoms with Gasteiger partial charge in [-0.25, -0.2) is 12.7 Å². The first-order chi connectivity index (χ1) is 15.4. The minimum absolute atomic E-state index is 0.00849. The van der Waals surface area contributed by atoms with Crippen LogP contribution in [-0.4, -0.2) is 80.6 Å². The molecule has 1 aliphatic rings. The van der Waals surface area contributed by atoms with Gasteiger partial charge < -0.3 is 14.9 Å². The molecule has 1 saturated heterocycles. The van der Waals surface area contributed by atoms with Gasteiger partial charge in [0, 0.05) is 32.7 Å². The Hall–Kier alpha value is -3.01. The highest BCUT2D eigenvalue weighted by Gasteiger charge is 2.45.